The summed E-state index contributed by atoms with van der Waals surface area (Å²) in [5, 5.41) is 2.91. The van der Waals surface area contributed by atoms with E-state index in [-0.39, 0.29) is 24.4 Å². The van der Waals surface area contributed by atoms with Crippen LogP contribution in [0.25, 0.3) is 0 Å². The lowest BCUT2D eigenvalue weighted by Gasteiger charge is -2.33. The lowest BCUT2D eigenvalue weighted by atomic mass is 10.0. The van der Waals surface area contributed by atoms with Gasteiger partial charge in [-0.3, -0.25) is 4.79 Å². The second-order valence-electron chi connectivity index (χ2n) is 6.57. The zero-order chi connectivity index (χ0) is 20.0. The normalized spacial score (nSPS) is 15.5. The average Bonchev–Trinajstić information content (AvgIpc) is 2.69. The molecular weight excluding hydrogens is 373 g/mol. The zero-order valence-electron chi connectivity index (χ0n) is 15.2. The number of hydrogen-bond acceptors (Lipinski definition) is 5. The molecule has 6 nitrogen and oxygen atoms in total. The van der Waals surface area contributed by atoms with Gasteiger partial charge in [0, 0.05) is 25.2 Å². The van der Waals surface area contributed by atoms with Crippen molar-refractivity contribution in [3.8, 4) is 0 Å². The number of ether oxygens (including phenoxy) is 1. The van der Waals surface area contributed by atoms with E-state index in [4.69, 9.17) is 4.74 Å². The van der Waals surface area contributed by atoms with Gasteiger partial charge in [0.05, 0.1) is 6.61 Å². The Balaban J connectivity index is 1.42. The van der Waals surface area contributed by atoms with E-state index in [0.29, 0.717) is 32.5 Å². The highest BCUT2D eigenvalue weighted by molar-refractivity contribution is 5.77. The Kier molecular flexibility index (Phi) is 6.45. The molecule has 0 radical (unpaired) electrons. The largest absolute Gasteiger partial charge is 0.433 e. The van der Waals surface area contributed by atoms with Crippen LogP contribution in [0.1, 0.15) is 24.1 Å². The number of piperidine rings is 1. The molecule has 0 atom stereocenters. The Labute approximate surface area is 160 Å². The first kappa shape index (κ1) is 20.1. The van der Waals surface area contributed by atoms with Crippen molar-refractivity contribution in [2.75, 3.05) is 24.6 Å². The topological polar surface area (TPSA) is 67.3 Å². The summed E-state index contributed by atoms with van der Waals surface area (Å²) in [6.45, 7) is 1.34. The molecule has 0 spiro atoms. The van der Waals surface area contributed by atoms with Crippen LogP contribution in [-0.4, -0.2) is 41.6 Å². The SMILES string of the molecule is O=C(COCc1ccccc1)NC1CCN(c2cc(C(F)(F)F)ncn2)CC1. The minimum absolute atomic E-state index is 0.0318. The van der Waals surface area contributed by atoms with Crippen LogP contribution < -0.4 is 10.2 Å². The fourth-order valence-corrected chi connectivity index (χ4v) is 3.03. The Hall–Kier alpha value is -2.68. The molecule has 1 aliphatic heterocycles. The average molecular weight is 394 g/mol. The molecule has 2 heterocycles. The molecule has 0 unspecified atom stereocenters. The third-order valence-electron chi connectivity index (χ3n) is 4.47. The second kappa shape index (κ2) is 9.01. The van der Waals surface area contributed by atoms with E-state index in [1.807, 2.05) is 30.3 Å². The summed E-state index contributed by atoms with van der Waals surface area (Å²) in [4.78, 5) is 21.0. The number of carbonyl (C=O) groups excluding carboxylic acids is 1. The molecule has 3 rings (SSSR count). The fourth-order valence-electron chi connectivity index (χ4n) is 3.03. The Morgan fingerprint density at radius 1 is 1.18 bits per heavy atom. The van der Waals surface area contributed by atoms with Crippen LogP contribution in [0.15, 0.2) is 42.7 Å². The summed E-state index contributed by atoms with van der Waals surface area (Å²) in [7, 11) is 0. The molecule has 1 amide bonds. The lowest BCUT2D eigenvalue weighted by Crippen LogP contribution is -2.46. The quantitative estimate of drug-likeness (QED) is 0.816. The summed E-state index contributed by atoms with van der Waals surface area (Å²) in [6.07, 6.45) is -2.33. The van der Waals surface area contributed by atoms with Gasteiger partial charge in [0.2, 0.25) is 5.91 Å². The van der Waals surface area contributed by atoms with Crippen molar-refractivity contribution in [2.45, 2.75) is 31.7 Å². The van der Waals surface area contributed by atoms with Gasteiger partial charge in [0.25, 0.3) is 0 Å². The number of halogens is 3. The number of alkyl halides is 3. The van der Waals surface area contributed by atoms with Crippen LogP contribution in [-0.2, 0) is 22.3 Å². The van der Waals surface area contributed by atoms with Crippen LogP contribution in [0.4, 0.5) is 19.0 Å². The maximum Gasteiger partial charge on any atom is 0.433 e. The standard InChI is InChI=1S/C19H21F3N4O2/c20-19(21,22)16-10-17(24-13-23-16)26-8-6-15(7-9-26)25-18(27)12-28-11-14-4-2-1-3-5-14/h1-5,10,13,15H,6-9,11-12H2,(H,25,27). The minimum Gasteiger partial charge on any atom is -0.367 e. The van der Waals surface area contributed by atoms with Gasteiger partial charge in [-0.2, -0.15) is 13.2 Å². The molecule has 0 aliphatic carbocycles. The highest BCUT2D eigenvalue weighted by atomic mass is 19.4. The van der Waals surface area contributed by atoms with Gasteiger partial charge in [0.15, 0.2) is 0 Å². The van der Waals surface area contributed by atoms with Crippen LogP contribution in [0, 0.1) is 0 Å². The van der Waals surface area contributed by atoms with Crippen molar-refractivity contribution in [1.29, 1.82) is 0 Å². The smallest absolute Gasteiger partial charge is 0.367 e. The Bertz CT molecular complexity index is 778. The predicted molar refractivity (Wildman–Crippen MR) is 96.5 cm³/mol. The number of nitrogens with zero attached hydrogens (tertiary/aromatic N) is 3. The van der Waals surface area contributed by atoms with Crippen molar-refractivity contribution in [3.05, 3.63) is 54.0 Å². The van der Waals surface area contributed by atoms with E-state index in [9.17, 15) is 18.0 Å². The maximum absolute atomic E-state index is 12.8. The molecule has 150 valence electrons. The molecule has 1 aromatic carbocycles. The number of amides is 1. The van der Waals surface area contributed by atoms with Gasteiger partial charge in [-0.25, -0.2) is 9.97 Å². The van der Waals surface area contributed by atoms with Crippen LogP contribution in [0.2, 0.25) is 0 Å². The first-order valence-electron chi connectivity index (χ1n) is 8.97. The predicted octanol–water partition coefficient (Wildman–Crippen LogP) is 2.80. The van der Waals surface area contributed by atoms with Crippen molar-refractivity contribution in [1.82, 2.24) is 15.3 Å². The molecule has 1 aliphatic rings. The molecule has 9 heteroatoms. The first-order chi connectivity index (χ1) is 13.4. The summed E-state index contributed by atoms with van der Waals surface area (Å²) >= 11 is 0. The van der Waals surface area contributed by atoms with Crippen molar-refractivity contribution < 1.29 is 22.7 Å². The molecule has 1 saturated heterocycles. The van der Waals surface area contributed by atoms with E-state index >= 15 is 0 Å². The van der Waals surface area contributed by atoms with Gasteiger partial charge in [-0.05, 0) is 18.4 Å². The molecule has 2 aromatic rings. The van der Waals surface area contributed by atoms with Gasteiger partial charge in [0.1, 0.15) is 24.4 Å². The number of hydrogen-bond donors (Lipinski definition) is 1. The molecule has 0 bridgehead atoms. The van der Waals surface area contributed by atoms with E-state index in [2.05, 4.69) is 15.3 Å². The van der Waals surface area contributed by atoms with Crippen molar-refractivity contribution >= 4 is 11.7 Å². The summed E-state index contributed by atoms with van der Waals surface area (Å²) in [5.41, 5.74) is 0.0372. The number of nitrogens with one attached hydrogen (secondary N) is 1. The molecule has 1 fully saturated rings. The number of anilines is 1. The van der Waals surface area contributed by atoms with Crippen LogP contribution in [0.3, 0.4) is 0 Å². The third-order valence-corrected chi connectivity index (χ3v) is 4.47. The van der Waals surface area contributed by atoms with Crippen LogP contribution in [0.5, 0.6) is 0 Å². The highest BCUT2D eigenvalue weighted by Crippen LogP contribution is 2.29. The molecule has 1 aromatic heterocycles. The number of carbonyl (C=O) groups is 1. The molecule has 1 N–H and O–H groups in total. The number of benzene rings is 1. The molecule has 0 saturated carbocycles. The second-order valence-corrected chi connectivity index (χ2v) is 6.57. The first-order valence-corrected chi connectivity index (χ1v) is 8.97. The highest BCUT2D eigenvalue weighted by Gasteiger charge is 2.33. The maximum atomic E-state index is 12.8. The Morgan fingerprint density at radius 2 is 1.89 bits per heavy atom. The van der Waals surface area contributed by atoms with Gasteiger partial charge >= 0.3 is 6.18 Å². The van der Waals surface area contributed by atoms with E-state index < -0.39 is 11.9 Å². The zero-order valence-corrected chi connectivity index (χ0v) is 15.2. The summed E-state index contributed by atoms with van der Waals surface area (Å²) in [6, 6.07) is 10.5. The van der Waals surface area contributed by atoms with Crippen LogP contribution >= 0.6 is 0 Å². The van der Waals surface area contributed by atoms with E-state index in [1.165, 1.54) is 0 Å². The van der Waals surface area contributed by atoms with Crippen molar-refractivity contribution in [3.63, 3.8) is 0 Å². The molecular formula is C19H21F3N4O2. The summed E-state index contributed by atoms with van der Waals surface area (Å²) < 4.78 is 43.8. The van der Waals surface area contributed by atoms with Gasteiger partial charge in [-0.1, -0.05) is 30.3 Å². The van der Waals surface area contributed by atoms with Gasteiger partial charge < -0.3 is 15.0 Å². The van der Waals surface area contributed by atoms with Gasteiger partial charge in [-0.15, -0.1) is 0 Å². The lowest BCUT2D eigenvalue weighted by molar-refractivity contribution is -0.141. The van der Waals surface area contributed by atoms with E-state index in [1.54, 1.807) is 4.90 Å². The fraction of sp³-hybridized carbons (Fsp3) is 0.421. The monoisotopic (exact) mass is 394 g/mol. The Morgan fingerprint density at radius 3 is 2.57 bits per heavy atom. The molecule has 28 heavy (non-hydrogen) atoms. The van der Waals surface area contributed by atoms with E-state index in [0.717, 1.165) is 18.0 Å². The number of aromatic nitrogens is 2. The third kappa shape index (κ3) is 5.66. The summed E-state index contributed by atoms with van der Waals surface area (Å²) in [5.74, 6) is 0.0501. The van der Waals surface area contributed by atoms with Crippen molar-refractivity contribution in [2.24, 2.45) is 0 Å². The minimum atomic E-state index is -4.50. The number of rotatable bonds is 6.